The fraction of sp³-hybridized carbons (Fsp3) is 0.938. The van der Waals surface area contributed by atoms with Gasteiger partial charge in [-0.05, 0) is 0 Å². The van der Waals surface area contributed by atoms with E-state index in [1.165, 1.54) is 6.92 Å². The summed E-state index contributed by atoms with van der Waals surface area (Å²) in [6, 6.07) is 0. The third kappa shape index (κ3) is 9.32. The van der Waals surface area contributed by atoms with E-state index in [4.69, 9.17) is 4.49 Å². The molecule has 0 radical (unpaired) electrons. The van der Waals surface area contributed by atoms with E-state index in [0.29, 0.717) is 0 Å². The molecule has 0 aromatic rings. The second kappa shape index (κ2) is 12.4. The van der Waals surface area contributed by atoms with Crippen molar-refractivity contribution in [1.29, 1.82) is 0 Å². The first-order valence-electron chi connectivity index (χ1n) is 8.99. The van der Waals surface area contributed by atoms with Gasteiger partial charge >= 0.3 is 148 Å². The minimum atomic E-state index is -3.59. The molecule has 22 heavy (non-hydrogen) atoms. The van der Waals surface area contributed by atoms with Crippen LogP contribution in [0.2, 0.25) is 17.7 Å². The number of rotatable bonds is 13. The van der Waals surface area contributed by atoms with E-state index in [1.807, 2.05) is 0 Å². The first-order valence-corrected chi connectivity index (χ1v) is 21.8. The van der Waals surface area contributed by atoms with Gasteiger partial charge in [-0.1, -0.05) is 0 Å². The Bertz CT molecular complexity index is 297. The molecule has 4 nitrogen and oxygen atoms in total. The molecule has 6 heteroatoms. The second-order valence-corrected chi connectivity index (χ2v) is 27.6. The molecule has 0 aliphatic carbocycles. The van der Waals surface area contributed by atoms with Gasteiger partial charge in [0, 0.05) is 0 Å². The first-order chi connectivity index (χ1) is 10.4. The predicted molar refractivity (Wildman–Crippen MR) is 96.2 cm³/mol. The average molecular weight is 530 g/mol. The fourth-order valence-corrected chi connectivity index (χ4v) is 41.0. The summed E-state index contributed by atoms with van der Waals surface area (Å²) in [6.07, 6.45) is 6.13. The van der Waals surface area contributed by atoms with E-state index in [0.717, 1.165) is 56.3 Å². The molecule has 0 saturated carbocycles. The van der Waals surface area contributed by atoms with Crippen molar-refractivity contribution in [1.82, 2.24) is 0 Å². The Morgan fingerprint density at radius 2 is 1.32 bits per heavy atom. The van der Waals surface area contributed by atoms with Crippen molar-refractivity contribution in [3.05, 3.63) is 0 Å². The first kappa shape index (κ1) is 23.0. The normalized spacial score (nSPS) is 12.5. The van der Waals surface area contributed by atoms with E-state index < -0.39 is 38.4 Å². The van der Waals surface area contributed by atoms with Gasteiger partial charge in [0.1, 0.15) is 0 Å². The van der Waals surface area contributed by atoms with Gasteiger partial charge < -0.3 is 0 Å². The molecule has 0 heterocycles. The van der Waals surface area contributed by atoms with Gasteiger partial charge in [0.05, 0.1) is 0 Å². The van der Waals surface area contributed by atoms with Crippen LogP contribution < -0.4 is 0 Å². The molecule has 0 unspecified atom stereocenters. The Kier molecular flexibility index (Phi) is 12.9. The monoisotopic (exact) mass is 532 g/mol. The van der Waals surface area contributed by atoms with E-state index in [-0.39, 0.29) is 5.97 Å². The summed E-state index contributed by atoms with van der Waals surface area (Å²) >= 11 is -7.06. The van der Waals surface area contributed by atoms with Crippen molar-refractivity contribution in [3.8, 4) is 0 Å². The Hall–Kier alpha value is 0.987. The fourth-order valence-electron chi connectivity index (χ4n) is 2.85. The van der Waals surface area contributed by atoms with Gasteiger partial charge in [-0.3, -0.25) is 0 Å². The van der Waals surface area contributed by atoms with Crippen LogP contribution in [-0.2, 0) is 9.28 Å². The van der Waals surface area contributed by atoms with Crippen molar-refractivity contribution in [2.45, 2.75) is 90.9 Å². The summed E-state index contributed by atoms with van der Waals surface area (Å²) in [6.45, 7) is 9.99. The summed E-state index contributed by atoms with van der Waals surface area (Å²) in [5.74, 6) is -0.225. The van der Waals surface area contributed by atoms with Crippen LogP contribution in [0.3, 0.4) is 0 Å². The van der Waals surface area contributed by atoms with Crippen LogP contribution in [-0.4, -0.2) is 47.8 Å². The van der Waals surface area contributed by atoms with E-state index >= 15 is 0 Å². The standard InChI is InChI=1S/2C4H9.2C3H7.C2H4O2.H2O.O.2Sn/c2*1-3-4-2;2*1-3-2;1-2(3)4;;;;/h2*1,3-4H2,2H3;2*1,3H2,2H3;1H3,(H,3,4);1H2;;;/q;;;;;;;2*+1/p-2. The van der Waals surface area contributed by atoms with E-state index in [2.05, 4.69) is 27.7 Å². The third-order valence-corrected chi connectivity index (χ3v) is 35.9. The zero-order valence-electron chi connectivity index (χ0n) is 15.2. The Balaban J connectivity index is 5.23. The number of carbonyl (C=O) groups excluding carboxylic acids is 1. The molecule has 0 aliphatic heterocycles. The molecule has 0 aromatic heterocycles. The molecule has 0 fully saturated rings. The third-order valence-electron chi connectivity index (χ3n) is 3.81. The molecule has 0 bridgehead atoms. The Morgan fingerprint density at radius 3 is 1.64 bits per heavy atom. The quantitative estimate of drug-likeness (QED) is 0.346. The summed E-state index contributed by atoms with van der Waals surface area (Å²) in [5.41, 5.74) is 0. The predicted octanol–water partition coefficient (Wildman–Crippen LogP) is 4.86. The molecule has 1 N–H and O–H groups in total. The summed E-state index contributed by atoms with van der Waals surface area (Å²) in [5, 5.41) is 0. The molecule has 0 saturated heterocycles. The van der Waals surface area contributed by atoms with Crippen LogP contribution in [0.25, 0.3) is 0 Å². The van der Waals surface area contributed by atoms with Crippen LogP contribution in [0.4, 0.5) is 0 Å². The van der Waals surface area contributed by atoms with Gasteiger partial charge in [0.15, 0.2) is 0 Å². The molecule has 0 rings (SSSR count). The van der Waals surface area contributed by atoms with Gasteiger partial charge in [0.25, 0.3) is 0 Å². The Labute approximate surface area is 147 Å². The number of unbranched alkanes of at least 4 members (excludes halogenated alkanes) is 2. The van der Waals surface area contributed by atoms with Gasteiger partial charge in [0.2, 0.25) is 0 Å². The van der Waals surface area contributed by atoms with Crippen LogP contribution in [0, 0.1) is 0 Å². The zero-order chi connectivity index (χ0) is 17.1. The van der Waals surface area contributed by atoms with Crippen molar-refractivity contribution < 1.29 is 12.7 Å². The van der Waals surface area contributed by atoms with Crippen molar-refractivity contribution in [2.24, 2.45) is 0 Å². The molecule has 132 valence electrons. The van der Waals surface area contributed by atoms with Crippen molar-refractivity contribution >= 4 is 44.4 Å². The van der Waals surface area contributed by atoms with Gasteiger partial charge in [-0.15, -0.1) is 0 Å². The molecule has 0 atom stereocenters. The number of hydrogen-bond acceptors (Lipinski definition) is 4. The summed E-state index contributed by atoms with van der Waals surface area (Å²) in [4.78, 5) is 11.6. The average Bonchev–Trinajstić information content (AvgIpc) is 2.43. The van der Waals surface area contributed by atoms with Crippen LogP contribution in [0.5, 0.6) is 0 Å². The summed E-state index contributed by atoms with van der Waals surface area (Å²) in [7, 11) is 0. The van der Waals surface area contributed by atoms with Crippen LogP contribution in [0.15, 0.2) is 0 Å². The summed E-state index contributed by atoms with van der Waals surface area (Å²) < 4.78 is 27.0. The maximum atomic E-state index is 11.6. The second-order valence-electron chi connectivity index (χ2n) is 6.26. The maximum absolute atomic E-state index is 11.6. The molecular formula is C16H36O4Sn2. The van der Waals surface area contributed by atoms with Crippen molar-refractivity contribution in [2.75, 3.05) is 0 Å². The van der Waals surface area contributed by atoms with E-state index in [9.17, 15) is 8.24 Å². The topological polar surface area (TPSA) is 55.8 Å². The van der Waals surface area contributed by atoms with Crippen LogP contribution >= 0.6 is 0 Å². The SMILES string of the molecule is CCC[CH2][Sn]([OH])([CH2]CCC)[O][Sn]([CH2]CC)([CH2]CC)[O]C(C)=O. The molecule has 0 amide bonds. The molecule has 0 spiro atoms. The number of hydrogen-bond donors (Lipinski definition) is 1. The van der Waals surface area contributed by atoms with Gasteiger partial charge in [-0.25, -0.2) is 0 Å². The van der Waals surface area contributed by atoms with E-state index in [1.54, 1.807) is 0 Å². The Morgan fingerprint density at radius 1 is 0.864 bits per heavy atom. The zero-order valence-corrected chi connectivity index (χ0v) is 21.0. The molecular weight excluding hydrogens is 494 g/mol. The van der Waals surface area contributed by atoms with Crippen molar-refractivity contribution in [3.63, 3.8) is 0 Å². The number of carbonyl (C=O) groups is 1. The van der Waals surface area contributed by atoms with Crippen LogP contribution in [0.1, 0.15) is 73.1 Å². The molecule has 0 aromatic carbocycles. The minimum absolute atomic E-state index is 0.225. The molecule has 0 aliphatic rings. The van der Waals surface area contributed by atoms with Gasteiger partial charge in [-0.2, -0.15) is 0 Å².